The summed E-state index contributed by atoms with van der Waals surface area (Å²) in [6.45, 7) is 2.29. The maximum atomic E-state index is 11.8. The fraction of sp³-hybridized carbons (Fsp3) is 0.963. The van der Waals surface area contributed by atoms with Gasteiger partial charge in [0.05, 0.1) is 0 Å². The second kappa shape index (κ2) is 26.0. The van der Waals surface area contributed by atoms with E-state index in [1.54, 1.807) is 0 Å². The van der Waals surface area contributed by atoms with Crippen LogP contribution < -0.4 is 0 Å². The van der Waals surface area contributed by atoms with Crippen molar-refractivity contribution in [2.24, 2.45) is 0 Å². The Morgan fingerprint density at radius 3 is 1.03 bits per heavy atom. The number of alkyl halides is 1. The minimum Gasteiger partial charge on any atom is -0.300 e. The van der Waals surface area contributed by atoms with Gasteiger partial charge in [-0.2, -0.15) is 0 Å². The van der Waals surface area contributed by atoms with Gasteiger partial charge < -0.3 is 0 Å². The molecule has 29 heavy (non-hydrogen) atoms. The summed E-state index contributed by atoms with van der Waals surface area (Å²) in [5.74, 6) is 1.24. The highest BCUT2D eigenvalue weighted by Crippen LogP contribution is 2.15. The summed E-state index contributed by atoms with van der Waals surface area (Å²) in [6, 6.07) is 0. The van der Waals surface area contributed by atoms with Gasteiger partial charge in [0.15, 0.2) is 0 Å². The fourth-order valence-electron chi connectivity index (χ4n) is 4.12. The molecular weight excluding hydrogens is 376 g/mol. The molecule has 0 aliphatic carbocycles. The van der Waals surface area contributed by atoms with Gasteiger partial charge in [0.1, 0.15) is 5.78 Å². The van der Waals surface area contributed by atoms with Crippen molar-refractivity contribution in [1.29, 1.82) is 0 Å². The number of hydrogen-bond donors (Lipinski definition) is 0. The molecule has 0 aliphatic heterocycles. The minimum absolute atomic E-state index is 0.479. The van der Waals surface area contributed by atoms with E-state index in [9.17, 15) is 4.79 Å². The molecule has 0 unspecified atom stereocenters. The highest BCUT2D eigenvalue weighted by Gasteiger charge is 2.02. The normalized spacial score (nSPS) is 11.2. The maximum Gasteiger partial charge on any atom is 0.132 e. The first-order valence-electron chi connectivity index (χ1n) is 13.4. The Balaban J connectivity index is 3.08. The van der Waals surface area contributed by atoms with Crippen LogP contribution in [-0.2, 0) is 4.79 Å². The molecule has 0 fully saturated rings. The van der Waals surface area contributed by atoms with Crippen molar-refractivity contribution < 1.29 is 4.79 Å². The van der Waals surface area contributed by atoms with Crippen LogP contribution in [0.3, 0.4) is 0 Å². The molecule has 0 radical (unpaired) electrons. The number of rotatable bonds is 25. The van der Waals surface area contributed by atoms with Gasteiger partial charge in [-0.15, -0.1) is 11.6 Å². The molecule has 0 rings (SSSR count). The first-order chi connectivity index (χ1) is 14.3. The molecule has 2 heteroatoms. The zero-order chi connectivity index (χ0) is 21.3. The smallest absolute Gasteiger partial charge is 0.132 e. The van der Waals surface area contributed by atoms with Crippen LogP contribution in [0.5, 0.6) is 0 Å². The van der Waals surface area contributed by atoms with E-state index in [0.717, 1.165) is 44.4 Å². The first kappa shape index (κ1) is 29.0. The predicted octanol–water partition coefficient (Wildman–Crippen LogP) is 10.2. The molecule has 0 N–H and O–H groups in total. The Morgan fingerprint density at radius 1 is 0.448 bits per heavy atom. The molecule has 0 spiro atoms. The molecule has 0 aromatic heterocycles. The van der Waals surface area contributed by atoms with Gasteiger partial charge >= 0.3 is 0 Å². The summed E-state index contributed by atoms with van der Waals surface area (Å²) in [5, 5.41) is 0. The molecule has 0 atom stereocenters. The predicted molar refractivity (Wildman–Crippen MR) is 132 cm³/mol. The molecular formula is C27H53ClO. The Kier molecular flexibility index (Phi) is 26.0. The van der Waals surface area contributed by atoms with Crippen molar-refractivity contribution >= 4 is 17.4 Å². The van der Waals surface area contributed by atoms with Crippen LogP contribution in [0.2, 0.25) is 0 Å². The lowest BCUT2D eigenvalue weighted by Gasteiger charge is -2.04. The number of Topliss-reactive ketones (excluding diaryl/α,β-unsaturated/α-hetero) is 1. The zero-order valence-electron chi connectivity index (χ0n) is 20.0. The monoisotopic (exact) mass is 428 g/mol. The van der Waals surface area contributed by atoms with E-state index in [4.69, 9.17) is 11.6 Å². The van der Waals surface area contributed by atoms with Gasteiger partial charge in [0.2, 0.25) is 0 Å². The van der Waals surface area contributed by atoms with E-state index < -0.39 is 0 Å². The van der Waals surface area contributed by atoms with Crippen LogP contribution in [-0.4, -0.2) is 11.7 Å². The number of halogens is 1. The number of carbonyl (C=O) groups excluding carboxylic acids is 1. The molecule has 0 heterocycles. The molecule has 0 bridgehead atoms. The van der Waals surface area contributed by atoms with Crippen LogP contribution in [0.1, 0.15) is 161 Å². The van der Waals surface area contributed by atoms with Crippen molar-refractivity contribution in [3.8, 4) is 0 Å². The summed E-state index contributed by atoms with van der Waals surface area (Å²) in [6.07, 6.45) is 31.3. The molecule has 174 valence electrons. The van der Waals surface area contributed by atoms with Gasteiger partial charge in [-0.1, -0.05) is 129 Å². The summed E-state index contributed by atoms with van der Waals surface area (Å²) in [4.78, 5) is 11.8. The number of ketones is 1. The van der Waals surface area contributed by atoms with Crippen molar-refractivity contribution in [3.05, 3.63) is 0 Å². The van der Waals surface area contributed by atoms with E-state index >= 15 is 0 Å². The lowest BCUT2D eigenvalue weighted by atomic mass is 10.0. The van der Waals surface area contributed by atoms with Crippen LogP contribution >= 0.6 is 11.6 Å². The van der Waals surface area contributed by atoms with E-state index in [-0.39, 0.29) is 0 Å². The minimum atomic E-state index is 0.479. The zero-order valence-corrected chi connectivity index (χ0v) is 20.7. The highest BCUT2D eigenvalue weighted by atomic mass is 35.5. The molecule has 0 aromatic carbocycles. The Hall–Kier alpha value is -0.0400. The standard InChI is InChI=1S/C27H53ClO/c1-2-3-4-5-6-7-8-9-10-11-12-13-14-15-16-17-18-21-24-27(29)25-22-19-20-23-26-28/h2-26H2,1H3. The van der Waals surface area contributed by atoms with Gasteiger partial charge in [-0.05, 0) is 19.3 Å². The number of unbranched alkanes of at least 4 members (excludes halogenated alkanes) is 20. The van der Waals surface area contributed by atoms with Crippen LogP contribution in [0.15, 0.2) is 0 Å². The fourth-order valence-corrected chi connectivity index (χ4v) is 4.31. The maximum absolute atomic E-state index is 11.8. The molecule has 0 saturated heterocycles. The van der Waals surface area contributed by atoms with E-state index in [2.05, 4.69) is 6.92 Å². The van der Waals surface area contributed by atoms with Crippen LogP contribution in [0.25, 0.3) is 0 Å². The van der Waals surface area contributed by atoms with Crippen molar-refractivity contribution in [3.63, 3.8) is 0 Å². The average Bonchev–Trinajstić information content (AvgIpc) is 2.72. The lowest BCUT2D eigenvalue weighted by molar-refractivity contribution is -0.119. The summed E-state index contributed by atoms with van der Waals surface area (Å²) in [7, 11) is 0. The average molecular weight is 429 g/mol. The molecule has 0 aliphatic rings. The quantitative estimate of drug-likeness (QED) is 0.104. The van der Waals surface area contributed by atoms with Crippen molar-refractivity contribution in [2.45, 2.75) is 161 Å². The van der Waals surface area contributed by atoms with E-state index in [0.29, 0.717) is 5.78 Å². The van der Waals surface area contributed by atoms with E-state index in [1.807, 2.05) is 0 Å². The molecule has 1 nitrogen and oxygen atoms in total. The third-order valence-electron chi connectivity index (χ3n) is 6.15. The second-order valence-corrected chi connectivity index (χ2v) is 9.53. The van der Waals surface area contributed by atoms with Crippen LogP contribution in [0, 0.1) is 0 Å². The SMILES string of the molecule is CCCCCCCCCCCCCCCCCCCCC(=O)CCCCCCCl. The lowest BCUT2D eigenvalue weighted by Crippen LogP contribution is -1.97. The van der Waals surface area contributed by atoms with Crippen LogP contribution in [0.4, 0.5) is 0 Å². The van der Waals surface area contributed by atoms with Gasteiger partial charge in [0, 0.05) is 18.7 Å². The summed E-state index contributed by atoms with van der Waals surface area (Å²) < 4.78 is 0. The van der Waals surface area contributed by atoms with Crippen molar-refractivity contribution in [1.82, 2.24) is 0 Å². The third-order valence-corrected chi connectivity index (χ3v) is 6.42. The van der Waals surface area contributed by atoms with Gasteiger partial charge in [-0.3, -0.25) is 4.79 Å². The molecule has 0 aromatic rings. The summed E-state index contributed by atoms with van der Waals surface area (Å²) >= 11 is 5.66. The number of hydrogen-bond acceptors (Lipinski definition) is 1. The Bertz CT molecular complexity index is 316. The molecule has 0 amide bonds. The van der Waals surface area contributed by atoms with Crippen molar-refractivity contribution in [2.75, 3.05) is 5.88 Å². The van der Waals surface area contributed by atoms with E-state index in [1.165, 1.54) is 116 Å². The number of carbonyl (C=O) groups is 1. The summed E-state index contributed by atoms with van der Waals surface area (Å²) in [5.41, 5.74) is 0. The van der Waals surface area contributed by atoms with Gasteiger partial charge in [-0.25, -0.2) is 0 Å². The largest absolute Gasteiger partial charge is 0.300 e. The third kappa shape index (κ3) is 25.9. The first-order valence-corrected chi connectivity index (χ1v) is 13.9. The van der Waals surface area contributed by atoms with Gasteiger partial charge in [0.25, 0.3) is 0 Å². The highest BCUT2D eigenvalue weighted by molar-refractivity contribution is 6.17. The Labute approximate surface area is 189 Å². The molecule has 0 saturated carbocycles. The second-order valence-electron chi connectivity index (χ2n) is 9.15. The Morgan fingerprint density at radius 2 is 0.724 bits per heavy atom. The topological polar surface area (TPSA) is 17.1 Å².